The summed E-state index contributed by atoms with van der Waals surface area (Å²) in [6.07, 6.45) is 0. The summed E-state index contributed by atoms with van der Waals surface area (Å²) in [4.78, 5) is 14.9. The summed E-state index contributed by atoms with van der Waals surface area (Å²) < 4.78 is 4.94. The molecule has 76 valence electrons. The van der Waals surface area contributed by atoms with Gasteiger partial charge >= 0.3 is 5.97 Å². The van der Waals surface area contributed by atoms with Crippen LogP contribution in [0.1, 0.15) is 10.5 Å². The number of aromatic carboxylic acids is 1. The second kappa shape index (κ2) is 3.57. The Labute approximate surface area is 86.1 Å². The molecular weight excluding hydrogens is 194 g/mol. The number of carboxylic acid groups (broad SMARTS) is 1. The molecule has 1 aromatic heterocycles. The Kier molecular flexibility index (Phi) is 2.25. The fraction of sp³-hybridized carbons (Fsp3) is 0.0909. The summed E-state index contributed by atoms with van der Waals surface area (Å²) in [5, 5.41) is 10.4. The van der Waals surface area contributed by atoms with E-state index in [9.17, 15) is 4.79 Å². The first-order valence-corrected chi connectivity index (χ1v) is 4.39. The van der Waals surface area contributed by atoms with Gasteiger partial charge < -0.3 is 9.84 Å². The molecule has 0 aliphatic heterocycles. The van der Waals surface area contributed by atoms with Crippen LogP contribution in [0.4, 0.5) is 0 Å². The summed E-state index contributed by atoms with van der Waals surface area (Å²) in [5.74, 6) is -0.740. The van der Waals surface area contributed by atoms with Crippen molar-refractivity contribution in [1.29, 1.82) is 0 Å². The average molecular weight is 203 g/mol. The van der Waals surface area contributed by atoms with Crippen molar-refractivity contribution in [2.24, 2.45) is 0 Å². The van der Waals surface area contributed by atoms with Crippen molar-refractivity contribution in [3.05, 3.63) is 36.0 Å². The zero-order chi connectivity index (χ0) is 10.8. The lowest BCUT2D eigenvalue weighted by Gasteiger charge is -2.04. The van der Waals surface area contributed by atoms with Crippen LogP contribution in [0.15, 0.2) is 30.3 Å². The van der Waals surface area contributed by atoms with E-state index in [0.29, 0.717) is 11.3 Å². The van der Waals surface area contributed by atoms with Gasteiger partial charge in [-0.3, -0.25) is 0 Å². The third-order valence-electron chi connectivity index (χ3n) is 2.13. The van der Waals surface area contributed by atoms with Crippen molar-refractivity contribution in [3.8, 4) is 5.88 Å². The fourth-order valence-corrected chi connectivity index (χ4v) is 1.44. The number of pyridine rings is 1. The molecule has 0 atom stereocenters. The summed E-state index contributed by atoms with van der Waals surface area (Å²) in [7, 11) is 1.46. The van der Waals surface area contributed by atoms with Crippen LogP contribution >= 0.6 is 0 Å². The lowest BCUT2D eigenvalue weighted by Crippen LogP contribution is -2.02. The first kappa shape index (κ1) is 9.45. The second-order valence-corrected chi connectivity index (χ2v) is 3.04. The minimum atomic E-state index is -1.05. The maximum Gasteiger partial charge on any atom is 0.355 e. The standard InChI is InChI=1S/C11H9NO3/c1-15-9-6-7-4-2-3-5-8(7)10(12-9)11(13)14/h2-6H,1H3,(H,13,14). The van der Waals surface area contributed by atoms with Gasteiger partial charge in [-0.1, -0.05) is 24.3 Å². The van der Waals surface area contributed by atoms with E-state index in [-0.39, 0.29) is 5.69 Å². The number of aromatic nitrogens is 1. The maximum atomic E-state index is 11.0. The van der Waals surface area contributed by atoms with Crippen molar-refractivity contribution in [3.63, 3.8) is 0 Å². The number of hydrogen-bond donors (Lipinski definition) is 1. The highest BCUT2D eigenvalue weighted by Crippen LogP contribution is 2.21. The van der Waals surface area contributed by atoms with Crippen LogP contribution in [0.5, 0.6) is 5.88 Å². The van der Waals surface area contributed by atoms with Crippen LogP contribution in [-0.2, 0) is 0 Å². The maximum absolute atomic E-state index is 11.0. The Morgan fingerprint density at radius 3 is 2.80 bits per heavy atom. The molecule has 0 amide bonds. The molecule has 0 fully saturated rings. The van der Waals surface area contributed by atoms with Crippen molar-refractivity contribution in [2.75, 3.05) is 7.11 Å². The highest BCUT2D eigenvalue weighted by Gasteiger charge is 2.11. The Morgan fingerprint density at radius 2 is 2.13 bits per heavy atom. The molecule has 4 nitrogen and oxygen atoms in total. The van der Waals surface area contributed by atoms with Gasteiger partial charge in [-0.2, -0.15) is 0 Å². The predicted molar refractivity (Wildman–Crippen MR) is 55.3 cm³/mol. The topological polar surface area (TPSA) is 59.4 Å². The third kappa shape index (κ3) is 1.61. The van der Waals surface area contributed by atoms with Gasteiger partial charge in [0.05, 0.1) is 7.11 Å². The molecular formula is C11H9NO3. The molecule has 0 bridgehead atoms. The van der Waals surface area contributed by atoms with Gasteiger partial charge in [0.2, 0.25) is 5.88 Å². The van der Waals surface area contributed by atoms with E-state index >= 15 is 0 Å². The quantitative estimate of drug-likeness (QED) is 0.810. The molecule has 2 rings (SSSR count). The van der Waals surface area contributed by atoms with Crippen LogP contribution in [0.3, 0.4) is 0 Å². The normalized spacial score (nSPS) is 10.2. The van der Waals surface area contributed by atoms with Gasteiger partial charge in [-0.15, -0.1) is 0 Å². The molecule has 1 aromatic carbocycles. The largest absolute Gasteiger partial charge is 0.481 e. The van der Waals surface area contributed by atoms with Crippen molar-refractivity contribution in [1.82, 2.24) is 4.98 Å². The SMILES string of the molecule is COc1cc2ccccc2c(C(=O)O)n1. The van der Waals surface area contributed by atoms with Gasteiger partial charge in [-0.25, -0.2) is 9.78 Å². The highest BCUT2D eigenvalue weighted by atomic mass is 16.5. The van der Waals surface area contributed by atoms with Crippen molar-refractivity contribution >= 4 is 16.7 Å². The van der Waals surface area contributed by atoms with Crippen LogP contribution in [0.2, 0.25) is 0 Å². The Hall–Kier alpha value is -2.10. The zero-order valence-corrected chi connectivity index (χ0v) is 8.10. The van der Waals surface area contributed by atoms with Crippen LogP contribution in [0.25, 0.3) is 10.8 Å². The number of carboxylic acids is 1. The molecule has 15 heavy (non-hydrogen) atoms. The Morgan fingerprint density at radius 1 is 1.40 bits per heavy atom. The highest BCUT2D eigenvalue weighted by molar-refractivity contribution is 6.02. The molecule has 0 radical (unpaired) electrons. The zero-order valence-electron chi connectivity index (χ0n) is 8.10. The summed E-state index contributed by atoms with van der Waals surface area (Å²) in [6.45, 7) is 0. The molecule has 1 N–H and O–H groups in total. The van der Waals surface area contributed by atoms with E-state index < -0.39 is 5.97 Å². The lowest BCUT2D eigenvalue weighted by atomic mass is 10.1. The summed E-state index contributed by atoms with van der Waals surface area (Å²) in [5.41, 5.74) is 0.0185. The number of fused-ring (bicyclic) bond motifs is 1. The molecule has 0 unspecified atom stereocenters. The minimum Gasteiger partial charge on any atom is -0.481 e. The molecule has 0 aliphatic rings. The third-order valence-corrected chi connectivity index (χ3v) is 2.13. The number of carbonyl (C=O) groups is 1. The predicted octanol–water partition coefficient (Wildman–Crippen LogP) is 1.94. The Bertz CT molecular complexity index is 522. The van der Waals surface area contributed by atoms with E-state index in [0.717, 1.165) is 5.39 Å². The average Bonchev–Trinajstić information content (AvgIpc) is 2.27. The van der Waals surface area contributed by atoms with E-state index in [2.05, 4.69) is 4.98 Å². The van der Waals surface area contributed by atoms with Gasteiger partial charge in [0.15, 0.2) is 5.69 Å². The van der Waals surface area contributed by atoms with Crippen molar-refractivity contribution < 1.29 is 14.6 Å². The van der Waals surface area contributed by atoms with Gasteiger partial charge in [0.25, 0.3) is 0 Å². The van der Waals surface area contributed by atoms with E-state index in [4.69, 9.17) is 9.84 Å². The smallest absolute Gasteiger partial charge is 0.355 e. The van der Waals surface area contributed by atoms with Crippen LogP contribution in [0, 0.1) is 0 Å². The molecule has 4 heteroatoms. The molecule has 2 aromatic rings. The van der Waals surface area contributed by atoms with Gasteiger partial charge in [0.1, 0.15) is 0 Å². The molecule has 1 heterocycles. The number of nitrogens with zero attached hydrogens (tertiary/aromatic N) is 1. The first-order valence-electron chi connectivity index (χ1n) is 4.39. The number of methoxy groups -OCH3 is 1. The minimum absolute atomic E-state index is 0.0185. The van der Waals surface area contributed by atoms with Crippen LogP contribution < -0.4 is 4.74 Å². The summed E-state index contributed by atoms with van der Waals surface area (Å²) >= 11 is 0. The summed E-state index contributed by atoms with van der Waals surface area (Å²) in [6, 6.07) is 8.88. The first-order chi connectivity index (χ1) is 7.22. The second-order valence-electron chi connectivity index (χ2n) is 3.04. The van der Waals surface area contributed by atoms with Gasteiger partial charge in [0, 0.05) is 11.5 Å². The van der Waals surface area contributed by atoms with E-state index in [1.165, 1.54) is 7.11 Å². The van der Waals surface area contributed by atoms with Crippen molar-refractivity contribution in [2.45, 2.75) is 0 Å². The van der Waals surface area contributed by atoms with Crippen LogP contribution in [-0.4, -0.2) is 23.2 Å². The molecule has 0 saturated carbocycles. The molecule has 0 saturated heterocycles. The lowest BCUT2D eigenvalue weighted by molar-refractivity contribution is 0.0692. The van der Waals surface area contributed by atoms with E-state index in [1.807, 2.05) is 12.1 Å². The Balaban J connectivity index is 2.80. The van der Waals surface area contributed by atoms with Gasteiger partial charge in [-0.05, 0) is 5.39 Å². The molecule has 0 spiro atoms. The van der Waals surface area contributed by atoms with E-state index in [1.54, 1.807) is 18.2 Å². The monoisotopic (exact) mass is 203 g/mol. The fourth-order valence-electron chi connectivity index (χ4n) is 1.44. The number of benzene rings is 1. The number of hydrogen-bond acceptors (Lipinski definition) is 3. The molecule has 0 aliphatic carbocycles. The number of ether oxygens (including phenoxy) is 1. The number of rotatable bonds is 2.